The fourth-order valence-corrected chi connectivity index (χ4v) is 4.47. The van der Waals surface area contributed by atoms with E-state index in [1.807, 2.05) is 6.07 Å². The number of methoxy groups -OCH3 is 1. The summed E-state index contributed by atoms with van der Waals surface area (Å²) in [6.45, 7) is 0. The largest absolute Gasteiger partial charge is 0.496 e. The van der Waals surface area contributed by atoms with Crippen molar-refractivity contribution in [2.24, 2.45) is 0 Å². The summed E-state index contributed by atoms with van der Waals surface area (Å²) in [5, 5.41) is 0. The van der Waals surface area contributed by atoms with Crippen molar-refractivity contribution in [3.8, 4) is 5.75 Å². The fraction of sp³-hybridized carbons (Fsp3) is 0.368. The van der Waals surface area contributed by atoms with Gasteiger partial charge in [-0.15, -0.1) is 0 Å². The third-order valence-electron chi connectivity index (χ3n) is 4.80. The number of nitrogens with zero attached hydrogens (tertiary/aromatic N) is 1. The predicted octanol–water partition coefficient (Wildman–Crippen LogP) is 2.91. The van der Waals surface area contributed by atoms with Gasteiger partial charge in [-0.25, -0.2) is 8.42 Å². The van der Waals surface area contributed by atoms with Crippen LogP contribution in [0.3, 0.4) is 0 Å². The van der Waals surface area contributed by atoms with Crippen molar-refractivity contribution in [2.75, 3.05) is 25.9 Å². The first kappa shape index (κ1) is 17.8. The Bertz CT molecular complexity index is 848. The standard InChI is InChI=1S/C19H24N2O3S/c1-21(2)14-9-10-16-17(13-14)19(24-3)12-11-18(16)20-25(22,23)15-7-5-4-6-8-15/h4-8,11-12,14,20H,9-10,13H2,1-3H3. The maximum Gasteiger partial charge on any atom is 0.261 e. The Kier molecular flexibility index (Phi) is 5.01. The molecule has 1 unspecified atom stereocenters. The molecule has 6 heteroatoms. The zero-order valence-corrected chi connectivity index (χ0v) is 15.6. The summed E-state index contributed by atoms with van der Waals surface area (Å²) in [4.78, 5) is 2.48. The zero-order chi connectivity index (χ0) is 18.0. The molecule has 134 valence electrons. The predicted molar refractivity (Wildman–Crippen MR) is 99.7 cm³/mol. The lowest BCUT2D eigenvalue weighted by atomic mass is 9.86. The van der Waals surface area contributed by atoms with Gasteiger partial charge in [-0.05, 0) is 63.2 Å². The lowest BCUT2D eigenvalue weighted by molar-refractivity contribution is 0.265. The summed E-state index contributed by atoms with van der Waals surface area (Å²) in [6.07, 6.45) is 2.67. The summed E-state index contributed by atoms with van der Waals surface area (Å²) in [7, 11) is 2.21. The van der Waals surface area contributed by atoms with Gasteiger partial charge in [0.05, 0.1) is 17.7 Å². The Morgan fingerprint density at radius 3 is 2.44 bits per heavy atom. The van der Waals surface area contributed by atoms with Gasteiger partial charge < -0.3 is 9.64 Å². The van der Waals surface area contributed by atoms with E-state index in [9.17, 15) is 8.42 Å². The Morgan fingerprint density at radius 1 is 1.08 bits per heavy atom. The molecule has 3 rings (SSSR count). The Labute approximate surface area is 149 Å². The molecule has 1 aliphatic rings. The quantitative estimate of drug-likeness (QED) is 0.891. The summed E-state index contributed by atoms with van der Waals surface area (Å²) in [5.41, 5.74) is 2.79. The Hall–Kier alpha value is -2.05. The molecule has 0 bridgehead atoms. The summed E-state index contributed by atoms with van der Waals surface area (Å²) < 4.78 is 33.6. The van der Waals surface area contributed by atoms with E-state index < -0.39 is 10.0 Å². The lowest BCUT2D eigenvalue weighted by Gasteiger charge is -2.32. The van der Waals surface area contributed by atoms with Crippen LogP contribution in [0.5, 0.6) is 5.75 Å². The van der Waals surface area contributed by atoms with Crippen molar-refractivity contribution in [3.63, 3.8) is 0 Å². The van der Waals surface area contributed by atoms with Gasteiger partial charge in [0.2, 0.25) is 0 Å². The fourth-order valence-electron chi connectivity index (χ4n) is 3.36. The van der Waals surface area contributed by atoms with E-state index in [0.717, 1.165) is 36.1 Å². The molecular weight excluding hydrogens is 336 g/mol. The van der Waals surface area contributed by atoms with Crippen LogP contribution in [-0.4, -0.2) is 40.6 Å². The molecule has 0 saturated heterocycles. The SMILES string of the molecule is COc1ccc(NS(=O)(=O)c2ccccc2)c2c1CC(N(C)C)CC2. The van der Waals surface area contributed by atoms with Gasteiger partial charge >= 0.3 is 0 Å². The molecule has 0 aromatic heterocycles. The number of benzene rings is 2. The van der Waals surface area contributed by atoms with Crippen molar-refractivity contribution in [3.05, 3.63) is 53.6 Å². The monoisotopic (exact) mass is 360 g/mol. The number of rotatable bonds is 5. The van der Waals surface area contributed by atoms with Crippen LogP contribution >= 0.6 is 0 Å². The van der Waals surface area contributed by atoms with Crippen LogP contribution in [0.15, 0.2) is 47.4 Å². The maximum atomic E-state index is 12.7. The summed E-state index contributed by atoms with van der Waals surface area (Å²) in [5.74, 6) is 0.823. The molecule has 0 amide bonds. The maximum absolute atomic E-state index is 12.7. The van der Waals surface area contributed by atoms with Crippen LogP contribution in [0, 0.1) is 0 Å². The first-order chi connectivity index (χ1) is 11.9. The number of likely N-dealkylation sites (N-methyl/N-ethyl adjacent to an activating group) is 1. The van der Waals surface area contributed by atoms with Crippen molar-refractivity contribution in [1.29, 1.82) is 0 Å². The average Bonchev–Trinajstić information content (AvgIpc) is 2.62. The van der Waals surface area contributed by atoms with E-state index in [1.165, 1.54) is 0 Å². The van der Waals surface area contributed by atoms with Crippen LogP contribution in [0.2, 0.25) is 0 Å². The molecule has 2 aromatic carbocycles. The van der Waals surface area contributed by atoms with E-state index in [-0.39, 0.29) is 4.90 Å². The molecular formula is C19H24N2O3S. The number of ether oxygens (including phenoxy) is 1. The van der Waals surface area contributed by atoms with Gasteiger partial charge in [0.15, 0.2) is 0 Å². The molecule has 0 radical (unpaired) electrons. The second-order valence-corrected chi connectivity index (χ2v) is 8.23. The lowest BCUT2D eigenvalue weighted by Crippen LogP contribution is -2.34. The molecule has 0 heterocycles. The third kappa shape index (κ3) is 3.65. The van der Waals surface area contributed by atoms with E-state index in [2.05, 4.69) is 23.7 Å². The molecule has 0 spiro atoms. The van der Waals surface area contributed by atoms with Gasteiger partial charge in [-0.2, -0.15) is 0 Å². The van der Waals surface area contributed by atoms with Gasteiger partial charge in [-0.3, -0.25) is 4.72 Å². The molecule has 1 aliphatic carbocycles. The summed E-state index contributed by atoms with van der Waals surface area (Å²) >= 11 is 0. The minimum absolute atomic E-state index is 0.265. The number of fused-ring (bicyclic) bond motifs is 1. The van der Waals surface area contributed by atoms with Crippen molar-refractivity contribution in [2.45, 2.75) is 30.2 Å². The molecule has 0 saturated carbocycles. The second kappa shape index (κ2) is 7.06. The van der Waals surface area contributed by atoms with Crippen LogP contribution in [0.1, 0.15) is 17.5 Å². The van der Waals surface area contributed by atoms with Crippen LogP contribution in [-0.2, 0) is 22.9 Å². The number of hydrogen-bond acceptors (Lipinski definition) is 4. The Balaban J connectivity index is 1.98. The van der Waals surface area contributed by atoms with Gasteiger partial charge in [0, 0.05) is 11.6 Å². The van der Waals surface area contributed by atoms with Crippen LogP contribution in [0.25, 0.3) is 0 Å². The molecule has 5 nitrogen and oxygen atoms in total. The number of hydrogen-bond donors (Lipinski definition) is 1. The minimum atomic E-state index is -3.60. The Morgan fingerprint density at radius 2 is 1.80 bits per heavy atom. The average molecular weight is 360 g/mol. The first-order valence-electron chi connectivity index (χ1n) is 8.35. The smallest absolute Gasteiger partial charge is 0.261 e. The second-order valence-electron chi connectivity index (χ2n) is 6.55. The van der Waals surface area contributed by atoms with E-state index in [4.69, 9.17) is 4.74 Å². The van der Waals surface area contributed by atoms with Gasteiger partial charge in [-0.1, -0.05) is 18.2 Å². The zero-order valence-electron chi connectivity index (χ0n) is 14.8. The highest BCUT2D eigenvalue weighted by Crippen LogP contribution is 2.36. The minimum Gasteiger partial charge on any atom is -0.496 e. The van der Waals surface area contributed by atoms with E-state index in [0.29, 0.717) is 11.7 Å². The highest BCUT2D eigenvalue weighted by atomic mass is 32.2. The molecule has 0 aliphatic heterocycles. The highest BCUT2D eigenvalue weighted by molar-refractivity contribution is 7.92. The van der Waals surface area contributed by atoms with Crippen molar-refractivity contribution in [1.82, 2.24) is 4.90 Å². The number of sulfonamides is 1. The van der Waals surface area contributed by atoms with E-state index >= 15 is 0 Å². The van der Waals surface area contributed by atoms with Crippen LogP contribution < -0.4 is 9.46 Å². The van der Waals surface area contributed by atoms with Gasteiger partial charge in [0.1, 0.15) is 5.75 Å². The highest BCUT2D eigenvalue weighted by Gasteiger charge is 2.26. The number of anilines is 1. The van der Waals surface area contributed by atoms with Crippen molar-refractivity contribution < 1.29 is 13.2 Å². The number of nitrogens with one attached hydrogen (secondary N) is 1. The first-order valence-corrected chi connectivity index (χ1v) is 9.83. The molecule has 1 atom stereocenters. The topological polar surface area (TPSA) is 58.6 Å². The normalized spacial score (nSPS) is 17.2. The molecule has 2 aromatic rings. The molecule has 25 heavy (non-hydrogen) atoms. The summed E-state index contributed by atoms with van der Waals surface area (Å²) in [6, 6.07) is 12.5. The van der Waals surface area contributed by atoms with E-state index in [1.54, 1.807) is 43.5 Å². The van der Waals surface area contributed by atoms with Gasteiger partial charge in [0.25, 0.3) is 10.0 Å². The van der Waals surface area contributed by atoms with Crippen molar-refractivity contribution >= 4 is 15.7 Å². The van der Waals surface area contributed by atoms with Crippen LogP contribution in [0.4, 0.5) is 5.69 Å². The molecule has 0 fully saturated rings. The molecule has 1 N–H and O–H groups in total. The third-order valence-corrected chi connectivity index (χ3v) is 6.18.